The Bertz CT molecular complexity index is 405. The van der Waals surface area contributed by atoms with E-state index in [2.05, 4.69) is 57.1 Å². The van der Waals surface area contributed by atoms with Gasteiger partial charge < -0.3 is 15.4 Å². The van der Waals surface area contributed by atoms with Crippen molar-refractivity contribution in [2.75, 3.05) is 38.8 Å². The lowest BCUT2D eigenvalue weighted by atomic mass is 9.60. The van der Waals surface area contributed by atoms with Crippen LogP contribution < -0.4 is 10.6 Å². The normalized spacial score (nSPS) is 18.3. The average molecular weight is 248 g/mol. The molecule has 0 aliphatic carbocycles. The number of hydrogen-bond acceptors (Lipinski definition) is 3. The molecule has 1 saturated heterocycles. The van der Waals surface area contributed by atoms with Crippen molar-refractivity contribution in [2.45, 2.75) is 19.3 Å². The first-order valence-electron chi connectivity index (χ1n) is 6.49. The second-order valence-corrected chi connectivity index (χ2v) is 6.10. The molecule has 0 amide bonds. The molecule has 18 heavy (non-hydrogen) atoms. The minimum Gasteiger partial charge on any atom is -0.379 e. The lowest BCUT2D eigenvalue weighted by Gasteiger charge is -2.52. The summed E-state index contributed by atoms with van der Waals surface area (Å²) in [5.74, 6) is 0. The number of nitrogens with zero attached hydrogens (tertiary/aromatic N) is 1. The van der Waals surface area contributed by atoms with Gasteiger partial charge in [0.15, 0.2) is 0 Å². The molecular weight excluding hydrogens is 224 g/mol. The highest BCUT2D eigenvalue weighted by Gasteiger charge is 2.51. The maximum absolute atomic E-state index is 5.95. The van der Waals surface area contributed by atoms with Gasteiger partial charge in [0, 0.05) is 25.2 Å². The summed E-state index contributed by atoms with van der Waals surface area (Å²) in [6.45, 7) is 6.69. The zero-order chi connectivity index (χ0) is 13.4. The van der Waals surface area contributed by atoms with E-state index in [1.807, 2.05) is 0 Å². The molecule has 1 aromatic rings. The zero-order valence-electron chi connectivity index (χ0n) is 11.9. The summed E-state index contributed by atoms with van der Waals surface area (Å²) in [4.78, 5) is 2.11. The van der Waals surface area contributed by atoms with Crippen LogP contribution in [-0.4, -0.2) is 33.9 Å². The van der Waals surface area contributed by atoms with E-state index in [1.54, 1.807) is 0 Å². The average Bonchev–Trinajstić information content (AvgIpc) is 2.28. The van der Waals surface area contributed by atoms with Gasteiger partial charge in [0.1, 0.15) is 0 Å². The van der Waals surface area contributed by atoms with Gasteiger partial charge in [-0.1, -0.05) is 26.0 Å². The minimum absolute atomic E-state index is 0.0604. The van der Waals surface area contributed by atoms with E-state index in [1.165, 1.54) is 11.3 Å². The molecule has 0 radical (unpaired) electrons. The number of rotatable bonds is 4. The smallest absolute Gasteiger partial charge is 0.0591 e. The summed E-state index contributed by atoms with van der Waals surface area (Å²) in [6, 6.07) is 8.77. The summed E-state index contributed by atoms with van der Waals surface area (Å²) in [6.07, 6.45) is 0. The van der Waals surface area contributed by atoms with Crippen molar-refractivity contribution < 1.29 is 4.74 Å². The van der Waals surface area contributed by atoms with Crippen LogP contribution in [0.15, 0.2) is 24.3 Å². The molecular formula is C15H24N2O. The van der Waals surface area contributed by atoms with Gasteiger partial charge in [0.25, 0.3) is 0 Å². The Hall–Kier alpha value is -1.06. The molecule has 1 fully saturated rings. The third kappa shape index (κ3) is 1.91. The van der Waals surface area contributed by atoms with Crippen molar-refractivity contribution >= 4 is 5.69 Å². The summed E-state index contributed by atoms with van der Waals surface area (Å²) in [7, 11) is 4.11. The van der Waals surface area contributed by atoms with Gasteiger partial charge >= 0.3 is 0 Å². The molecule has 1 aliphatic heterocycles. The number of ether oxygens (including phenoxy) is 1. The van der Waals surface area contributed by atoms with Crippen molar-refractivity contribution in [3.63, 3.8) is 0 Å². The van der Waals surface area contributed by atoms with Crippen molar-refractivity contribution in [1.29, 1.82) is 0 Å². The van der Waals surface area contributed by atoms with Crippen LogP contribution in [0.3, 0.4) is 0 Å². The summed E-state index contributed by atoms with van der Waals surface area (Å²) < 4.78 is 5.49. The monoisotopic (exact) mass is 248 g/mol. The fourth-order valence-electron chi connectivity index (χ4n) is 2.53. The van der Waals surface area contributed by atoms with Crippen molar-refractivity contribution in [1.82, 2.24) is 0 Å². The highest BCUT2D eigenvalue weighted by molar-refractivity contribution is 5.48. The van der Waals surface area contributed by atoms with Gasteiger partial charge in [-0.3, -0.25) is 0 Å². The fraction of sp³-hybridized carbons (Fsp3) is 0.600. The second-order valence-electron chi connectivity index (χ2n) is 6.10. The van der Waals surface area contributed by atoms with Crippen molar-refractivity contribution in [2.24, 2.45) is 11.1 Å². The molecule has 0 atom stereocenters. The molecule has 0 bridgehead atoms. The topological polar surface area (TPSA) is 38.5 Å². The zero-order valence-corrected chi connectivity index (χ0v) is 11.9. The predicted octanol–water partition coefficient (Wildman–Crippen LogP) is 2.01. The molecule has 1 aliphatic rings. The van der Waals surface area contributed by atoms with Crippen LogP contribution in [0.25, 0.3) is 0 Å². The summed E-state index contributed by atoms with van der Waals surface area (Å²) in [5, 5.41) is 0. The highest BCUT2D eigenvalue weighted by Crippen LogP contribution is 2.46. The molecule has 2 rings (SSSR count). The minimum atomic E-state index is 0.0604. The van der Waals surface area contributed by atoms with Gasteiger partial charge in [0.05, 0.1) is 13.2 Å². The van der Waals surface area contributed by atoms with Crippen LogP contribution in [0, 0.1) is 5.41 Å². The van der Waals surface area contributed by atoms with Crippen LogP contribution in [0.4, 0.5) is 5.69 Å². The molecule has 0 spiro atoms. The van der Waals surface area contributed by atoms with Crippen LogP contribution >= 0.6 is 0 Å². The molecule has 2 N–H and O–H groups in total. The third-order valence-electron chi connectivity index (χ3n) is 4.44. The van der Waals surface area contributed by atoms with Gasteiger partial charge in [-0.2, -0.15) is 0 Å². The molecule has 0 saturated carbocycles. The fourth-order valence-corrected chi connectivity index (χ4v) is 2.53. The van der Waals surface area contributed by atoms with E-state index in [4.69, 9.17) is 10.5 Å². The maximum atomic E-state index is 5.95. The molecule has 3 heteroatoms. The first-order valence-corrected chi connectivity index (χ1v) is 6.49. The van der Waals surface area contributed by atoms with Gasteiger partial charge in [-0.15, -0.1) is 0 Å². The molecule has 3 nitrogen and oxygen atoms in total. The Balaban J connectivity index is 2.34. The van der Waals surface area contributed by atoms with E-state index in [-0.39, 0.29) is 10.8 Å². The highest BCUT2D eigenvalue weighted by atomic mass is 16.5. The SMILES string of the molecule is CN(C)c1ccc(C2(C(C)(C)CN)COC2)cc1. The van der Waals surface area contributed by atoms with E-state index in [9.17, 15) is 0 Å². The lowest BCUT2D eigenvalue weighted by molar-refractivity contribution is -0.116. The molecule has 0 unspecified atom stereocenters. The molecule has 100 valence electrons. The number of benzene rings is 1. The predicted molar refractivity (Wildman–Crippen MR) is 76.1 cm³/mol. The third-order valence-corrected chi connectivity index (χ3v) is 4.44. The Morgan fingerprint density at radius 1 is 1.22 bits per heavy atom. The molecule has 1 heterocycles. The van der Waals surface area contributed by atoms with E-state index in [0.29, 0.717) is 6.54 Å². The standard InChI is InChI=1S/C15H24N2O/c1-14(2,9-16)15(10-18-11-15)12-5-7-13(8-6-12)17(3)4/h5-8H,9-11,16H2,1-4H3. The summed E-state index contributed by atoms with van der Waals surface area (Å²) >= 11 is 0. The first kappa shape index (κ1) is 13.4. The van der Waals surface area contributed by atoms with E-state index in [0.717, 1.165) is 13.2 Å². The Labute approximate surface area is 110 Å². The molecule has 0 aromatic heterocycles. The summed E-state index contributed by atoms with van der Waals surface area (Å²) in [5.41, 5.74) is 8.65. The number of hydrogen-bond donors (Lipinski definition) is 1. The van der Waals surface area contributed by atoms with Crippen molar-refractivity contribution in [3.05, 3.63) is 29.8 Å². The first-order chi connectivity index (χ1) is 8.43. The number of anilines is 1. The van der Waals surface area contributed by atoms with E-state index >= 15 is 0 Å². The van der Waals surface area contributed by atoms with Crippen LogP contribution in [0.1, 0.15) is 19.4 Å². The van der Waals surface area contributed by atoms with Gasteiger partial charge in [-0.25, -0.2) is 0 Å². The Kier molecular flexibility index (Phi) is 3.39. The van der Waals surface area contributed by atoms with E-state index < -0.39 is 0 Å². The lowest BCUT2D eigenvalue weighted by Crippen LogP contribution is -2.59. The van der Waals surface area contributed by atoms with Crippen LogP contribution in [0.2, 0.25) is 0 Å². The molecule has 1 aromatic carbocycles. The second kappa shape index (κ2) is 4.56. The largest absolute Gasteiger partial charge is 0.379 e. The quantitative estimate of drug-likeness (QED) is 0.886. The van der Waals surface area contributed by atoms with Crippen molar-refractivity contribution in [3.8, 4) is 0 Å². The maximum Gasteiger partial charge on any atom is 0.0591 e. The van der Waals surface area contributed by atoms with Crippen LogP contribution in [0.5, 0.6) is 0 Å². The van der Waals surface area contributed by atoms with Crippen LogP contribution in [-0.2, 0) is 10.2 Å². The Morgan fingerprint density at radius 3 is 2.11 bits per heavy atom. The van der Waals surface area contributed by atoms with Gasteiger partial charge in [0.2, 0.25) is 0 Å². The van der Waals surface area contributed by atoms with Gasteiger partial charge in [-0.05, 0) is 29.7 Å². The number of nitrogens with two attached hydrogens (primary N) is 1. The Morgan fingerprint density at radius 2 is 1.78 bits per heavy atom.